The van der Waals surface area contributed by atoms with E-state index in [-0.39, 0.29) is 23.6 Å². The Bertz CT molecular complexity index is 1270. The van der Waals surface area contributed by atoms with Crippen molar-refractivity contribution in [2.45, 2.75) is 77.0 Å². The van der Waals surface area contributed by atoms with Crippen molar-refractivity contribution in [2.24, 2.45) is 0 Å². The zero-order valence-corrected chi connectivity index (χ0v) is 22.1. The Morgan fingerprint density at radius 2 is 1.95 bits per heavy atom. The van der Waals surface area contributed by atoms with Crippen LogP contribution in [0.4, 0.5) is 20.3 Å². The number of aliphatic hydroxyl groups is 1. The van der Waals surface area contributed by atoms with Crippen LogP contribution in [0.5, 0.6) is 0 Å². The first kappa shape index (κ1) is 25.3. The number of benzene rings is 1. The summed E-state index contributed by atoms with van der Waals surface area (Å²) in [5.41, 5.74) is 8.68. The summed E-state index contributed by atoms with van der Waals surface area (Å²) in [6, 6.07) is 3.82. The number of alkyl halides is 2. The summed E-state index contributed by atoms with van der Waals surface area (Å²) >= 11 is 0. The van der Waals surface area contributed by atoms with E-state index in [0.29, 0.717) is 31.7 Å². The van der Waals surface area contributed by atoms with Gasteiger partial charge in [0.1, 0.15) is 0 Å². The Kier molecular flexibility index (Phi) is 6.63. The van der Waals surface area contributed by atoms with Crippen LogP contribution >= 0.6 is 0 Å². The molecule has 8 nitrogen and oxygen atoms in total. The van der Waals surface area contributed by atoms with Crippen molar-refractivity contribution < 1.29 is 18.7 Å². The first-order valence-corrected chi connectivity index (χ1v) is 13.7. The monoisotopic (exact) mass is 526 g/mol. The number of hydrogen-bond acceptors (Lipinski definition) is 6. The first-order chi connectivity index (χ1) is 18.3. The van der Waals surface area contributed by atoms with Crippen LogP contribution in [0.3, 0.4) is 0 Å². The fraction of sp³-hybridized carbons (Fsp3) is 0.571. The highest BCUT2D eigenvalue weighted by atomic mass is 19.3. The number of nitrogens with one attached hydrogen (secondary N) is 1. The maximum absolute atomic E-state index is 14.4. The van der Waals surface area contributed by atoms with Gasteiger partial charge in [-0.05, 0) is 67.4 Å². The van der Waals surface area contributed by atoms with Gasteiger partial charge in [-0.2, -0.15) is 5.10 Å². The Morgan fingerprint density at radius 3 is 2.63 bits per heavy atom. The molecule has 1 aromatic carbocycles. The molecule has 0 radical (unpaired) electrons. The Morgan fingerprint density at radius 1 is 1.16 bits per heavy atom. The van der Waals surface area contributed by atoms with Gasteiger partial charge in [-0.3, -0.25) is 9.48 Å². The molecular formula is C28H36F2N6O2. The minimum Gasteiger partial charge on any atom is -0.393 e. The molecule has 1 aromatic heterocycles. The molecule has 0 spiro atoms. The third kappa shape index (κ3) is 4.47. The molecule has 6 rings (SSSR count). The van der Waals surface area contributed by atoms with E-state index in [0.717, 1.165) is 78.8 Å². The second-order valence-corrected chi connectivity index (χ2v) is 11.1. The SMILES string of the molecule is CC(=O)N1CCc2c(c(N3CCCc4cc(C5=CN(C)NC5)c(C(F)F)cc43)nn2C2CCC(O)CC2)C1. The normalized spacial score (nSPS) is 23.5. The molecule has 1 fully saturated rings. The van der Waals surface area contributed by atoms with Gasteiger partial charge in [0.05, 0.1) is 18.7 Å². The van der Waals surface area contributed by atoms with Crippen LogP contribution in [0.15, 0.2) is 18.3 Å². The maximum Gasteiger partial charge on any atom is 0.264 e. The molecule has 10 heteroatoms. The Hall–Kier alpha value is -2.98. The second-order valence-electron chi connectivity index (χ2n) is 11.1. The van der Waals surface area contributed by atoms with E-state index in [9.17, 15) is 18.7 Å². The van der Waals surface area contributed by atoms with Gasteiger partial charge in [-0.1, -0.05) is 0 Å². The lowest BCUT2D eigenvalue weighted by molar-refractivity contribution is -0.129. The first-order valence-electron chi connectivity index (χ1n) is 13.7. The summed E-state index contributed by atoms with van der Waals surface area (Å²) < 4.78 is 30.9. The van der Waals surface area contributed by atoms with E-state index in [1.807, 2.05) is 24.2 Å². The summed E-state index contributed by atoms with van der Waals surface area (Å²) in [6.07, 6.45) is 4.68. The van der Waals surface area contributed by atoms with Crippen LogP contribution < -0.4 is 10.3 Å². The number of hydrogen-bond donors (Lipinski definition) is 2. The molecule has 1 saturated carbocycles. The van der Waals surface area contributed by atoms with E-state index in [1.54, 1.807) is 18.0 Å². The summed E-state index contributed by atoms with van der Waals surface area (Å²) in [6.45, 7) is 3.93. The quantitative estimate of drug-likeness (QED) is 0.626. The van der Waals surface area contributed by atoms with Crippen LogP contribution in [0.2, 0.25) is 0 Å². The molecule has 204 valence electrons. The molecule has 0 atom stereocenters. The maximum atomic E-state index is 14.4. The molecule has 38 heavy (non-hydrogen) atoms. The summed E-state index contributed by atoms with van der Waals surface area (Å²) in [5, 5.41) is 17.0. The minimum absolute atomic E-state index is 0.0298. The van der Waals surface area contributed by atoms with Gasteiger partial charge in [0.15, 0.2) is 5.82 Å². The van der Waals surface area contributed by atoms with Crippen LogP contribution in [-0.2, 0) is 24.2 Å². The zero-order valence-electron chi connectivity index (χ0n) is 22.1. The number of amides is 1. The number of fused-ring (bicyclic) bond motifs is 2. The Balaban J connectivity index is 1.44. The average Bonchev–Trinajstić information content (AvgIpc) is 3.51. The standard InChI is InChI=1S/C28H36F2N6O2/c1-17(37)34-11-9-25-24(16-34)28(32-36(25)20-5-7-21(38)8-6-20)35-10-3-4-18-12-22(19-14-31-33(2)15-19)23(27(29)30)13-26(18)35/h12-13,15,20-21,27,31,38H,3-11,14,16H2,1-2H3. The minimum atomic E-state index is -2.60. The number of rotatable bonds is 4. The largest absolute Gasteiger partial charge is 0.393 e. The van der Waals surface area contributed by atoms with Gasteiger partial charge < -0.3 is 19.9 Å². The third-order valence-corrected chi connectivity index (χ3v) is 8.60. The predicted octanol–water partition coefficient (Wildman–Crippen LogP) is 4.08. The van der Waals surface area contributed by atoms with Gasteiger partial charge in [0, 0.05) is 68.7 Å². The molecule has 1 aliphatic carbocycles. The van der Waals surface area contributed by atoms with E-state index >= 15 is 0 Å². The number of nitrogens with zero attached hydrogens (tertiary/aromatic N) is 5. The number of halogens is 2. The molecule has 0 unspecified atom stereocenters. The van der Waals surface area contributed by atoms with Gasteiger partial charge in [0.25, 0.3) is 6.43 Å². The van der Waals surface area contributed by atoms with Crippen molar-refractivity contribution in [2.75, 3.05) is 31.6 Å². The van der Waals surface area contributed by atoms with Crippen LogP contribution in [0.1, 0.15) is 79.4 Å². The lowest BCUT2D eigenvalue weighted by Gasteiger charge is -2.33. The molecule has 2 N–H and O–H groups in total. The van der Waals surface area contributed by atoms with Crippen LogP contribution in [0.25, 0.3) is 5.57 Å². The molecular weight excluding hydrogens is 490 g/mol. The third-order valence-electron chi connectivity index (χ3n) is 8.60. The molecule has 4 aliphatic rings. The number of aryl methyl sites for hydroxylation is 1. The van der Waals surface area contributed by atoms with Gasteiger partial charge in [-0.15, -0.1) is 0 Å². The van der Waals surface area contributed by atoms with Crippen LogP contribution in [0, 0.1) is 0 Å². The van der Waals surface area contributed by atoms with E-state index in [1.165, 1.54) is 0 Å². The highest BCUT2D eigenvalue weighted by Crippen LogP contribution is 2.43. The number of hydrazine groups is 1. The topological polar surface area (TPSA) is 76.9 Å². The van der Waals surface area contributed by atoms with Crippen LogP contribution in [-0.4, -0.2) is 63.5 Å². The predicted molar refractivity (Wildman–Crippen MR) is 141 cm³/mol. The highest BCUT2D eigenvalue weighted by molar-refractivity contribution is 5.78. The van der Waals surface area contributed by atoms with E-state index in [2.05, 4.69) is 15.0 Å². The molecule has 3 aliphatic heterocycles. The van der Waals surface area contributed by atoms with Gasteiger partial charge >= 0.3 is 0 Å². The number of carbonyl (C=O) groups is 1. The fourth-order valence-corrected chi connectivity index (χ4v) is 6.55. The zero-order chi connectivity index (χ0) is 26.6. The fourth-order valence-electron chi connectivity index (χ4n) is 6.55. The van der Waals surface area contributed by atoms with Crippen molar-refractivity contribution in [3.63, 3.8) is 0 Å². The highest BCUT2D eigenvalue weighted by Gasteiger charge is 2.34. The smallest absolute Gasteiger partial charge is 0.264 e. The van der Waals surface area contributed by atoms with Crippen molar-refractivity contribution in [1.29, 1.82) is 0 Å². The lowest BCUT2D eigenvalue weighted by atomic mass is 9.91. The van der Waals surface area contributed by atoms with Crippen molar-refractivity contribution >= 4 is 23.0 Å². The Labute approximate surface area is 221 Å². The van der Waals surface area contributed by atoms with Crippen molar-refractivity contribution in [1.82, 2.24) is 25.1 Å². The molecule has 1 amide bonds. The molecule has 2 aromatic rings. The molecule has 0 bridgehead atoms. The number of carbonyl (C=O) groups excluding carboxylic acids is 1. The van der Waals surface area contributed by atoms with Gasteiger partial charge in [0.2, 0.25) is 5.91 Å². The molecule has 4 heterocycles. The summed E-state index contributed by atoms with van der Waals surface area (Å²) in [5.74, 6) is 0.815. The number of aromatic nitrogens is 2. The second kappa shape index (κ2) is 9.96. The lowest BCUT2D eigenvalue weighted by Crippen LogP contribution is -2.36. The number of anilines is 2. The number of aliphatic hydroxyl groups excluding tert-OH is 1. The van der Waals surface area contributed by atoms with E-state index < -0.39 is 6.43 Å². The summed E-state index contributed by atoms with van der Waals surface area (Å²) in [4.78, 5) is 16.3. The van der Waals surface area contributed by atoms with E-state index in [4.69, 9.17) is 5.10 Å². The molecule has 0 saturated heterocycles. The average molecular weight is 527 g/mol. The van der Waals surface area contributed by atoms with Crippen molar-refractivity contribution in [3.8, 4) is 0 Å². The van der Waals surface area contributed by atoms with Gasteiger partial charge in [-0.25, -0.2) is 14.2 Å². The van der Waals surface area contributed by atoms with Crippen molar-refractivity contribution in [3.05, 3.63) is 46.3 Å². The summed E-state index contributed by atoms with van der Waals surface area (Å²) in [7, 11) is 1.87.